The smallest absolute Gasteiger partial charge is 0.181 e. The molecule has 0 aliphatic rings. The minimum Gasteiger partial charge on any atom is -0.443 e. The van der Waals surface area contributed by atoms with Crippen molar-refractivity contribution in [3.8, 4) is 6.07 Å². The van der Waals surface area contributed by atoms with Gasteiger partial charge in [-0.1, -0.05) is 0 Å². The van der Waals surface area contributed by atoms with E-state index in [1.165, 1.54) is 6.39 Å². The molecule has 0 saturated heterocycles. The summed E-state index contributed by atoms with van der Waals surface area (Å²) in [6.07, 6.45) is 1.37. The predicted octanol–water partition coefficient (Wildman–Crippen LogP) is 1.70. The van der Waals surface area contributed by atoms with Crippen LogP contribution in [0.1, 0.15) is 5.56 Å². The van der Waals surface area contributed by atoms with Crippen LogP contribution in [0.25, 0.3) is 11.1 Å². The zero-order valence-corrected chi connectivity index (χ0v) is 5.61. The Morgan fingerprint density at radius 3 is 3.18 bits per heavy atom. The van der Waals surface area contributed by atoms with E-state index >= 15 is 0 Å². The van der Waals surface area contributed by atoms with Crippen molar-refractivity contribution in [2.75, 3.05) is 0 Å². The van der Waals surface area contributed by atoms with Gasteiger partial charge < -0.3 is 4.42 Å². The van der Waals surface area contributed by atoms with Gasteiger partial charge in [0.2, 0.25) is 0 Å². The van der Waals surface area contributed by atoms with Gasteiger partial charge in [0.1, 0.15) is 5.52 Å². The maximum atomic E-state index is 8.53. The van der Waals surface area contributed by atoms with Crippen molar-refractivity contribution in [1.82, 2.24) is 4.98 Å². The number of fused-ring (bicyclic) bond motifs is 1. The van der Waals surface area contributed by atoms with Crippen LogP contribution in [-0.2, 0) is 0 Å². The maximum Gasteiger partial charge on any atom is 0.181 e. The Balaban J connectivity index is 2.79. The largest absolute Gasteiger partial charge is 0.443 e. The highest BCUT2D eigenvalue weighted by Gasteiger charge is 1.97. The molecule has 11 heavy (non-hydrogen) atoms. The standard InChI is InChI=1S/C8H4N2O/c9-4-6-1-2-8-7(3-6)10-5-11-8/h1-3,5H. The van der Waals surface area contributed by atoms with Crippen molar-refractivity contribution in [1.29, 1.82) is 5.26 Å². The van der Waals surface area contributed by atoms with Crippen LogP contribution in [0.2, 0.25) is 0 Å². The summed E-state index contributed by atoms with van der Waals surface area (Å²) >= 11 is 0. The van der Waals surface area contributed by atoms with Crippen LogP contribution in [-0.4, -0.2) is 4.98 Å². The summed E-state index contributed by atoms with van der Waals surface area (Å²) in [6.45, 7) is 0. The molecule has 0 atom stereocenters. The van der Waals surface area contributed by atoms with Gasteiger partial charge in [0.25, 0.3) is 0 Å². The second-order valence-electron chi connectivity index (χ2n) is 2.15. The van der Waals surface area contributed by atoms with Crippen molar-refractivity contribution in [2.24, 2.45) is 0 Å². The Morgan fingerprint density at radius 2 is 2.36 bits per heavy atom. The molecular formula is C8H4N2O. The average Bonchev–Trinajstić information content (AvgIpc) is 2.50. The molecule has 0 radical (unpaired) electrons. The van der Waals surface area contributed by atoms with E-state index in [9.17, 15) is 0 Å². The van der Waals surface area contributed by atoms with E-state index in [2.05, 4.69) is 4.98 Å². The molecule has 0 unspecified atom stereocenters. The minimum atomic E-state index is 0.603. The Bertz CT molecular complexity index is 425. The first kappa shape index (κ1) is 5.93. The molecule has 0 spiro atoms. The van der Waals surface area contributed by atoms with Crippen LogP contribution in [0.15, 0.2) is 29.0 Å². The lowest BCUT2D eigenvalue weighted by Crippen LogP contribution is -1.72. The number of rotatable bonds is 0. The van der Waals surface area contributed by atoms with Gasteiger partial charge in [0.15, 0.2) is 12.0 Å². The normalized spacial score (nSPS) is 9.73. The molecule has 1 aromatic carbocycles. The summed E-state index contributed by atoms with van der Waals surface area (Å²) in [5, 5.41) is 8.53. The fourth-order valence-corrected chi connectivity index (χ4v) is 0.927. The lowest BCUT2D eigenvalue weighted by molar-refractivity contribution is 0.602. The van der Waals surface area contributed by atoms with Crippen LogP contribution in [0, 0.1) is 11.3 Å². The Kier molecular flexibility index (Phi) is 1.13. The zero-order valence-electron chi connectivity index (χ0n) is 5.61. The summed E-state index contributed by atoms with van der Waals surface area (Å²) < 4.78 is 5.00. The summed E-state index contributed by atoms with van der Waals surface area (Å²) in [7, 11) is 0. The number of oxazole rings is 1. The Morgan fingerprint density at radius 1 is 1.45 bits per heavy atom. The van der Waals surface area contributed by atoms with E-state index in [0.717, 1.165) is 5.52 Å². The van der Waals surface area contributed by atoms with E-state index < -0.39 is 0 Å². The van der Waals surface area contributed by atoms with Gasteiger partial charge in [-0.3, -0.25) is 0 Å². The van der Waals surface area contributed by atoms with Crippen molar-refractivity contribution in [2.45, 2.75) is 0 Å². The van der Waals surface area contributed by atoms with Crippen LogP contribution in [0.5, 0.6) is 0 Å². The Hall–Kier alpha value is -1.82. The first-order valence-electron chi connectivity index (χ1n) is 3.13. The van der Waals surface area contributed by atoms with Crippen molar-refractivity contribution in [3.05, 3.63) is 30.2 Å². The lowest BCUT2D eigenvalue weighted by atomic mass is 10.2. The van der Waals surface area contributed by atoms with Gasteiger partial charge in [0, 0.05) is 0 Å². The lowest BCUT2D eigenvalue weighted by Gasteiger charge is -1.85. The summed E-state index contributed by atoms with van der Waals surface area (Å²) in [5.74, 6) is 0. The number of benzene rings is 1. The van der Waals surface area contributed by atoms with E-state index in [-0.39, 0.29) is 0 Å². The molecule has 52 valence electrons. The van der Waals surface area contributed by atoms with E-state index in [1.54, 1.807) is 18.2 Å². The fourth-order valence-electron chi connectivity index (χ4n) is 0.927. The highest BCUT2D eigenvalue weighted by atomic mass is 16.3. The van der Waals surface area contributed by atoms with Gasteiger partial charge in [-0.25, -0.2) is 4.98 Å². The van der Waals surface area contributed by atoms with Crippen molar-refractivity contribution >= 4 is 11.1 Å². The average molecular weight is 144 g/mol. The zero-order chi connectivity index (χ0) is 7.68. The number of nitrogens with zero attached hydrogens (tertiary/aromatic N) is 2. The van der Waals surface area contributed by atoms with Crippen LogP contribution in [0.3, 0.4) is 0 Å². The minimum absolute atomic E-state index is 0.603. The molecule has 3 nitrogen and oxygen atoms in total. The molecule has 0 aliphatic carbocycles. The molecule has 0 bridgehead atoms. The third kappa shape index (κ3) is 0.849. The summed E-state index contributed by atoms with van der Waals surface area (Å²) in [5.41, 5.74) is 2.04. The van der Waals surface area contributed by atoms with Gasteiger partial charge >= 0.3 is 0 Å². The first-order valence-corrected chi connectivity index (χ1v) is 3.13. The molecule has 2 rings (SSSR count). The third-order valence-corrected chi connectivity index (χ3v) is 1.46. The number of aromatic nitrogens is 1. The van der Waals surface area contributed by atoms with Crippen molar-refractivity contribution in [3.63, 3.8) is 0 Å². The number of hydrogen-bond acceptors (Lipinski definition) is 3. The van der Waals surface area contributed by atoms with E-state index in [1.807, 2.05) is 6.07 Å². The summed E-state index contributed by atoms with van der Waals surface area (Å²) in [6, 6.07) is 7.16. The second-order valence-corrected chi connectivity index (χ2v) is 2.15. The summed E-state index contributed by atoms with van der Waals surface area (Å²) in [4.78, 5) is 3.91. The molecule has 0 saturated carbocycles. The quantitative estimate of drug-likeness (QED) is 0.565. The third-order valence-electron chi connectivity index (χ3n) is 1.46. The van der Waals surface area contributed by atoms with Crippen molar-refractivity contribution < 1.29 is 4.42 Å². The number of hydrogen-bond donors (Lipinski definition) is 0. The van der Waals surface area contributed by atoms with E-state index in [4.69, 9.17) is 9.68 Å². The molecule has 0 N–H and O–H groups in total. The SMILES string of the molecule is N#Cc1ccc2ocnc2c1. The van der Waals surface area contributed by atoms with Gasteiger partial charge in [-0.15, -0.1) is 0 Å². The molecule has 0 aliphatic heterocycles. The molecule has 2 aromatic rings. The second kappa shape index (κ2) is 2.10. The molecule has 0 fully saturated rings. The van der Waals surface area contributed by atoms with Gasteiger partial charge in [-0.2, -0.15) is 5.26 Å². The monoisotopic (exact) mass is 144 g/mol. The highest BCUT2D eigenvalue weighted by molar-refractivity contribution is 5.73. The van der Waals surface area contributed by atoms with Gasteiger partial charge in [0.05, 0.1) is 11.6 Å². The number of nitriles is 1. The Labute approximate surface area is 62.9 Å². The molecular weight excluding hydrogens is 140 g/mol. The van der Waals surface area contributed by atoms with Crippen LogP contribution in [0.4, 0.5) is 0 Å². The fraction of sp³-hybridized carbons (Fsp3) is 0. The molecule has 1 aromatic heterocycles. The first-order chi connectivity index (χ1) is 5.40. The maximum absolute atomic E-state index is 8.53. The molecule has 1 heterocycles. The van der Waals surface area contributed by atoms with Crippen LogP contribution >= 0.6 is 0 Å². The van der Waals surface area contributed by atoms with Crippen LogP contribution < -0.4 is 0 Å². The molecule has 0 amide bonds. The predicted molar refractivity (Wildman–Crippen MR) is 38.7 cm³/mol. The topological polar surface area (TPSA) is 49.8 Å². The molecule has 3 heteroatoms. The van der Waals surface area contributed by atoms with Gasteiger partial charge in [-0.05, 0) is 18.2 Å². The van der Waals surface area contributed by atoms with E-state index in [0.29, 0.717) is 11.1 Å². The highest BCUT2D eigenvalue weighted by Crippen LogP contribution is 2.12.